The van der Waals surface area contributed by atoms with E-state index in [1.165, 1.54) is 0 Å². The number of H-pyrrole nitrogens is 2. The number of anilines is 1. The van der Waals surface area contributed by atoms with Gasteiger partial charge in [-0.3, -0.25) is 19.3 Å². The molecule has 0 radical (unpaired) electrons. The van der Waals surface area contributed by atoms with Crippen LogP contribution >= 0.6 is 0 Å². The number of hydrogen-bond acceptors (Lipinski definition) is 6. The lowest BCUT2D eigenvalue weighted by molar-refractivity contribution is -0.122. The molecule has 0 saturated heterocycles. The summed E-state index contributed by atoms with van der Waals surface area (Å²) in [5.74, 6) is -0.0206. The first-order valence-electron chi connectivity index (χ1n) is 14.0. The van der Waals surface area contributed by atoms with E-state index in [1.807, 2.05) is 60.7 Å². The summed E-state index contributed by atoms with van der Waals surface area (Å²) in [6.45, 7) is 0.0998. The van der Waals surface area contributed by atoms with Crippen LogP contribution in [0.25, 0.3) is 0 Å². The number of fused-ring (bicyclic) bond motifs is 1. The lowest BCUT2D eigenvalue weighted by Gasteiger charge is -2.25. The van der Waals surface area contributed by atoms with Gasteiger partial charge in [-0.1, -0.05) is 66.6 Å². The van der Waals surface area contributed by atoms with E-state index in [1.54, 1.807) is 11.0 Å². The number of nitrogens with zero attached hydrogens (tertiary/aromatic N) is 4. The molecule has 1 aliphatic heterocycles. The smallest absolute Gasteiger partial charge is 0.275 e. The third-order valence-corrected chi connectivity index (χ3v) is 7.98. The van der Waals surface area contributed by atoms with Gasteiger partial charge in [0.2, 0.25) is 11.8 Å². The minimum absolute atomic E-state index is 0.0533. The van der Waals surface area contributed by atoms with E-state index < -0.39 is 6.04 Å². The Labute approximate surface area is 237 Å². The van der Waals surface area contributed by atoms with E-state index in [0.717, 1.165) is 42.5 Å². The molecule has 1 saturated carbocycles. The van der Waals surface area contributed by atoms with Gasteiger partial charge in [0.25, 0.3) is 5.91 Å². The van der Waals surface area contributed by atoms with E-state index in [-0.39, 0.29) is 36.2 Å². The van der Waals surface area contributed by atoms with Crippen LogP contribution in [0.5, 0.6) is 0 Å². The van der Waals surface area contributed by atoms with Gasteiger partial charge >= 0.3 is 0 Å². The molecular formula is C30H32N8O3. The monoisotopic (exact) mass is 552 g/mol. The van der Waals surface area contributed by atoms with Crippen LogP contribution in [0.15, 0.2) is 66.7 Å². The molecule has 4 aromatic rings. The van der Waals surface area contributed by atoms with Crippen LogP contribution in [-0.4, -0.2) is 49.4 Å². The molecule has 0 spiro atoms. The molecule has 210 valence electrons. The number of aromatic amines is 2. The fourth-order valence-corrected chi connectivity index (χ4v) is 5.98. The second-order valence-electron chi connectivity index (χ2n) is 10.6. The normalized spacial score (nSPS) is 17.3. The highest BCUT2D eigenvalue weighted by molar-refractivity contribution is 6.10. The second kappa shape index (κ2) is 11.7. The Morgan fingerprint density at radius 2 is 1.76 bits per heavy atom. The summed E-state index contributed by atoms with van der Waals surface area (Å²) in [7, 11) is 0. The zero-order chi connectivity index (χ0) is 28.2. The van der Waals surface area contributed by atoms with E-state index in [9.17, 15) is 14.4 Å². The average molecular weight is 553 g/mol. The molecule has 3 amide bonds. The Kier molecular flexibility index (Phi) is 7.57. The Balaban J connectivity index is 1.22. The molecule has 1 fully saturated rings. The van der Waals surface area contributed by atoms with Crippen molar-refractivity contribution in [3.63, 3.8) is 0 Å². The van der Waals surface area contributed by atoms with Crippen molar-refractivity contribution in [3.05, 3.63) is 95.1 Å². The van der Waals surface area contributed by atoms with Gasteiger partial charge in [-0.05, 0) is 48.1 Å². The van der Waals surface area contributed by atoms with Crippen molar-refractivity contribution in [1.29, 1.82) is 0 Å². The van der Waals surface area contributed by atoms with Gasteiger partial charge in [0.05, 0.1) is 19.0 Å². The van der Waals surface area contributed by atoms with Crippen molar-refractivity contribution < 1.29 is 14.4 Å². The number of benzene rings is 2. The molecule has 2 aliphatic rings. The van der Waals surface area contributed by atoms with Crippen LogP contribution in [0.1, 0.15) is 64.9 Å². The number of rotatable bonds is 9. The Morgan fingerprint density at radius 3 is 2.54 bits per heavy atom. The summed E-state index contributed by atoms with van der Waals surface area (Å²) in [4.78, 5) is 45.1. The molecule has 3 heterocycles. The molecule has 1 aliphatic carbocycles. The molecule has 11 heteroatoms. The summed E-state index contributed by atoms with van der Waals surface area (Å²) in [5.41, 5.74) is 3.75. The third kappa shape index (κ3) is 5.74. The van der Waals surface area contributed by atoms with Gasteiger partial charge in [0.15, 0.2) is 5.82 Å². The molecule has 2 aromatic heterocycles. The van der Waals surface area contributed by atoms with E-state index in [2.05, 4.69) is 36.2 Å². The van der Waals surface area contributed by atoms with Crippen LogP contribution in [0.4, 0.5) is 5.69 Å². The minimum Gasteiger partial charge on any atom is -0.353 e. The number of hydrogen-bond donors (Lipinski definition) is 4. The maximum absolute atomic E-state index is 14.0. The highest BCUT2D eigenvalue weighted by Crippen LogP contribution is 2.37. The van der Waals surface area contributed by atoms with Crippen LogP contribution in [-0.2, 0) is 29.0 Å². The first kappa shape index (κ1) is 26.4. The van der Waals surface area contributed by atoms with Gasteiger partial charge in [-0.25, -0.2) is 0 Å². The second-order valence-corrected chi connectivity index (χ2v) is 10.6. The number of carbonyl (C=O) groups is 3. The van der Waals surface area contributed by atoms with E-state index in [4.69, 9.17) is 0 Å². The lowest BCUT2D eigenvalue weighted by Crippen LogP contribution is -2.48. The fraction of sp³-hybridized carbons (Fsp3) is 0.333. The summed E-state index contributed by atoms with van der Waals surface area (Å²) < 4.78 is 0. The molecule has 2 aromatic carbocycles. The number of amides is 3. The molecule has 11 nitrogen and oxygen atoms in total. The third-order valence-electron chi connectivity index (χ3n) is 7.98. The van der Waals surface area contributed by atoms with Crippen molar-refractivity contribution in [3.8, 4) is 0 Å². The van der Waals surface area contributed by atoms with Gasteiger partial charge in [-0.15, -0.1) is 10.2 Å². The quantitative estimate of drug-likeness (QED) is 0.251. The highest BCUT2D eigenvalue weighted by atomic mass is 16.2. The largest absolute Gasteiger partial charge is 0.353 e. The minimum atomic E-state index is -0.727. The zero-order valence-corrected chi connectivity index (χ0v) is 22.5. The maximum Gasteiger partial charge on any atom is 0.275 e. The number of nitrogens with one attached hydrogen (secondary N) is 4. The van der Waals surface area contributed by atoms with Crippen LogP contribution in [0, 0.1) is 5.92 Å². The number of tetrazole rings is 1. The first-order chi connectivity index (χ1) is 20.1. The summed E-state index contributed by atoms with van der Waals surface area (Å²) in [6.07, 6.45) is 4.96. The van der Waals surface area contributed by atoms with Crippen molar-refractivity contribution >= 4 is 23.4 Å². The van der Waals surface area contributed by atoms with E-state index in [0.29, 0.717) is 30.0 Å². The van der Waals surface area contributed by atoms with Crippen molar-refractivity contribution in [2.24, 2.45) is 5.92 Å². The van der Waals surface area contributed by atoms with Crippen LogP contribution < -0.4 is 15.5 Å². The SMILES string of the molecule is O=C(Cc1ccccc1)NC(c1ccc(C(=O)N2c3ccccc3C[C@H]2C(=O)NCc2nn[nH]n2)[nH]1)C1CCCC1. The Morgan fingerprint density at radius 1 is 0.976 bits per heavy atom. The molecule has 6 rings (SSSR count). The molecule has 4 N–H and O–H groups in total. The lowest BCUT2D eigenvalue weighted by atomic mass is 9.95. The molecule has 1 unspecified atom stereocenters. The summed E-state index contributed by atoms with van der Waals surface area (Å²) in [6, 6.07) is 19.9. The van der Waals surface area contributed by atoms with Gasteiger partial charge in [0.1, 0.15) is 11.7 Å². The van der Waals surface area contributed by atoms with Gasteiger partial charge in [-0.2, -0.15) is 5.21 Å². The Hall–Kier alpha value is -4.80. The van der Waals surface area contributed by atoms with Crippen molar-refractivity contribution in [2.45, 2.75) is 57.2 Å². The number of carbonyl (C=O) groups excluding carboxylic acids is 3. The Bertz CT molecular complexity index is 1510. The van der Waals surface area contributed by atoms with Crippen molar-refractivity contribution in [1.82, 2.24) is 36.2 Å². The van der Waals surface area contributed by atoms with Crippen LogP contribution in [0.3, 0.4) is 0 Å². The topological polar surface area (TPSA) is 149 Å². The zero-order valence-electron chi connectivity index (χ0n) is 22.5. The average Bonchev–Trinajstić information content (AvgIpc) is 3.81. The molecule has 41 heavy (non-hydrogen) atoms. The molecule has 2 atom stereocenters. The maximum atomic E-state index is 14.0. The standard InChI is InChI=1S/C30H32N8O3/c39-27(16-19-8-2-1-3-9-19)33-28(20-10-4-5-11-20)22-14-15-23(32-22)30(41)38-24-13-7-6-12-21(24)17-25(38)29(40)31-18-26-34-36-37-35-26/h1-3,6-9,12-15,20,25,28,32H,4-5,10-11,16-18H2,(H,31,40)(H,33,39)(H,34,35,36,37)/t25-,28?/m0/s1. The molecule has 0 bridgehead atoms. The molecular weight excluding hydrogens is 520 g/mol. The van der Waals surface area contributed by atoms with Crippen LogP contribution in [0.2, 0.25) is 0 Å². The van der Waals surface area contributed by atoms with Gasteiger partial charge < -0.3 is 15.6 Å². The summed E-state index contributed by atoms with van der Waals surface area (Å²) >= 11 is 0. The summed E-state index contributed by atoms with van der Waals surface area (Å²) in [5, 5.41) is 19.7. The first-order valence-corrected chi connectivity index (χ1v) is 14.0. The van der Waals surface area contributed by atoms with E-state index >= 15 is 0 Å². The number of para-hydroxylation sites is 1. The number of aromatic nitrogens is 5. The van der Waals surface area contributed by atoms with Gasteiger partial charge in [0, 0.05) is 17.8 Å². The fourth-order valence-electron chi connectivity index (χ4n) is 5.98. The highest BCUT2D eigenvalue weighted by Gasteiger charge is 2.39. The predicted octanol–water partition coefficient (Wildman–Crippen LogP) is 3.01. The van der Waals surface area contributed by atoms with Crippen molar-refractivity contribution in [2.75, 3.05) is 4.90 Å². The predicted molar refractivity (Wildman–Crippen MR) is 151 cm³/mol.